The molecule has 1 saturated heterocycles. The van der Waals surface area contributed by atoms with E-state index in [9.17, 15) is 14.7 Å². The molecule has 106 valence electrons. The predicted molar refractivity (Wildman–Crippen MR) is 68.2 cm³/mol. The molecule has 0 aromatic carbocycles. The lowest BCUT2D eigenvalue weighted by atomic mass is 9.91. The van der Waals surface area contributed by atoms with Crippen molar-refractivity contribution in [3.8, 4) is 0 Å². The molecule has 1 fully saturated rings. The van der Waals surface area contributed by atoms with Crippen LogP contribution in [0.15, 0.2) is 9.59 Å². The van der Waals surface area contributed by atoms with E-state index in [2.05, 4.69) is 10.4 Å². The number of hydrogen-bond acceptors (Lipinski definition) is 6. The fourth-order valence-electron chi connectivity index (χ4n) is 2.11. The van der Waals surface area contributed by atoms with Gasteiger partial charge in [-0.25, -0.2) is 9.48 Å². The van der Waals surface area contributed by atoms with Crippen molar-refractivity contribution in [2.75, 3.05) is 25.1 Å². The summed E-state index contributed by atoms with van der Waals surface area (Å²) in [6.45, 7) is 0.906. The SMILES string of the molecule is Cn1nc(NC2(CO)CCOCC2)c(=O)n(C)c1=O. The zero-order valence-electron chi connectivity index (χ0n) is 11.0. The Hall–Kier alpha value is -1.67. The first kappa shape index (κ1) is 13.8. The van der Waals surface area contributed by atoms with E-state index in [1.165, 1.54) is 14.1 Å². The Bertz CT molecular complexity index is 571. The van der Waals surface area contributed by atoms with Crippen molar-refractivity contribution >= 4 is 5.82 Å². The molecular weight excluding hydrogens is 252 g/mol. The molecule has 0 unspecified atom stereocenters. The van der Waals surface area contributed by atoms with Crippen molar-refractivity contribution in [1.82, 2.24) is 14.3 Å². The summed E-state index contributed by atoms with van der Waals surface area (Å²) < 4.78 is 7.33. The van der Waals surface area contributed by atoms with Crippen LogP contribution >= 0.6 is 0 Å². The van der Waals surface area contributed by atoms with Gasteiger partial charge in [0.05, 0.1) is 12.1 Å². The molecule has 1 aliphatic heterocycles. The van der Waals surface area contributed by atoms with Gasteiger partial charge >= 0.3 is 5.69 Å². The number of nitrogens with one attached hydrogen (secondary N) is 1. The number of ether oxygens (including phenoxy) is 1. The first-order chi connectivity index (χ1) is 8.99. The van der Waals surface area contributed by atoms with E-state index in [-0.39, 0.29) is 12.4 Å². The fourth-order valence-corrected chi connectivity index (χ4v) is 2.11. The highest BCUT2D eigenvalue weighted by Crippen LogP contribution is 2.23. The molecule has 1 aromatic heterocycles. The number of aromatic nitrogens is 3. The van der Waals surface area contributed by atoms with Crippen LogP contribution in [0.2, 0.25) is 0 Å². The summed E-state index contributed by atoms with van der Waals surface area (Å²) in [6.07, 6.45) is 1.16. The number of aliphatic hydroxyl groups is 1. The molecular formula is C11H18N4O4. The highest BCUT2D eigenvalue weighted by molar-refractivity contribution is 5.34. The zero-order valence-corrected chi connectivity index (χ0v) is 11.0. The lowest BCUT2D eigenvalue weighted by molar-refractivity contribution is 0.0377. The minimum atomic E-state index is -0.616. The van der Waals surface area contributed by atoms with Crippen LogP contribution in [0.3, 0.4) is 0 Å². The van der Waals surface area contributed by atoms with E-state index in [1.807, 2.05) is 0 Å². The molecule has 0 atom stereocenters. The van der Waals surface area contributed by atoms with E-state index in [1.54, 1.807) is 0 Å². The number of aryl methyl sites for hydroxylation is 1. The minimum absolute atomic E-state index is 0.0700. The predicted octanol–water partition coefficient (Wildman–Crippen LogP) is -1.57. The quantitative estimate of drug-likeness (QED) is 0.689. The van der Waals surface area contributed by atoms with Gasteiger partial charge < -0.3 is 15.2 Å². The number of hydrogen-bond donors (Lipinski definition) is 2. The number of nitrogens with zero attached hydrogens (tertiary/aromatic N) is 3. The van der Waals surface area contributed by atoms with Gasteiger partial charge in [-0.3, -0.25) is 9.36 Å². The summed E-state index contributed by atoms with van der Waals surface area (Å²) in [5, 5.41) is 16.5. The second kappa shape index (κ2) is 5.14. The van der Waals surface area contributed by atoms with Gasteiger partial charge in [0, 0.05) is 27.3 Å². The Labute approximate surface area is 109 Å². The molecule has 0 amide bonds. The molecule has 2 rings (SSSR count). The van der Waals surface area contributed by atoms with Crippen LogP contribution in [0.1, 0.15) is 12.8 Å². The Balaban J connectivity index is 2.38. The number of rotatable bonds is 3. The third kappa shape index (κ3) is 2.54. The summed E-state index contributed by atoms with van der Waals surface area (Å²) in [5.74, 6) is 0.0700. The molecule has 0 radical (unpaired) electrons. The molecule has 2 N–H and O–H groups in total. The third-order valence-electron chi connectivity index (χ3n) is 3.46. The Morgan fingerprint density at radius 2 is 2.00 bits per heavy atom. The van der Waals surface area contributed by atoms with Crippen molar-refractivity contribution in [3.63, 3.8) is 0 Å². The highest BCUT2D eigenvalue weighted by Gasteiger charge is 2.33. The van der Waals surface area contributed by atoms with Gasteiger partial charge in [0.15, 0.2) is 0 Å². The van der Waals surface area contributed by atoms with Gasteiger partial charge in [0.25, 0.3) is 5.56 Å². The molecule has 1 aliphatic rings. The highest BCUT2D eigenvalue weighted by atomic mass is 16.5. The van der Waals surface area contributed by atoms with Crippen LogP contribution in [-0.4, -0.2) is 44.8 Å². The van der Waals surface area contributed by atoms with E-state index in [0.717, 1.165) is 9.25 Å². The molecule has 0 bridgehead atoms. The molecule has 1 aromatic rings. The lowest BCUT2D eigenvalue weighted by Gasteiger charge is -2.36. The summed E-state index contributed by atoms with van der Waals surface area (Å²) >= 11 is 0. The summed E-state index contributed by atoms with van der Waals surface area (Å²) in [6, 6.07) is 0. The van der Waals surface area contributed by atoms with Crippen molar-refractivity contribution in [1.29, 1.82) is 0 Å². The average Bonchev–Trinajstić information content (AvgIpc) is 2.43. The average molecular weight is 270 g/mol. The van der Waals surface area contributed by atoms with Crippen molar-refractivity contribution < 1.29 is 9.84 Å². The van der Waals surface area contributed by atoms with Crippen molar-refractivity contribution in [2.24, 2.45) is 14.1 Å². The zero-order chi connectivity index (χ0) is 14.0. The molecule has 8 nitrogen and oxygen atoms in total. The monoisotopic (exact) mass is 270 g/mol. The maximum absolute atomic E-state index is 12.0. The normalized spacial score (nSPS) is 18.3. The maximum atomic E-state index is 12.0. The first-order valence-electron chi connectivity index (χ1n) is 6.10. The van der Waals surface area contributed by atoms with Gasteiger partial charge in [0.2, 0.25) is 5.82 Å². The van der Waals surface area contributed by atoms with E-state index in [4.69, 9.17) is 4.74 Å². The van der Waals surface area contributed by atoms with Crippen LogP contribution in [0.4, 0.5) is 5.82 Å². The second-order valence-electron chi connectivity index (χ2n) is 4.79. The maximum Gasteiger partial charge on any atom is 0.346 e. The van der Waals surface area contributed by atoms with Crippen molar-refractivity contribution in [2.45, 2.75) is 18.4 Å². The Morgan fingerprint density at radius 3 is 2.58 bits per heavy atom. The van der Waals surface area contributed by atoms with Crippen LogP contribution in [-0.2, 0) is 18.8 Å². The molecule has 0 spiro atoms. The smallest absolute Gasteiger partial charge is 0.346 e. The van der Waals surface area contributed by atoms with Crippen LogP contribution in [0.5, 0.6) is 0 Å². The lowest BCUT2D eigenvalue weighted by Crippen LogP contribution is -2.50. The Kier molecular flexibility index (Phi) is 3.72. The van der Waals surface area contributed by atoms with Crippen LogP contribution < -0.4 is 16.6 Å². The minimum Gasteiger partial charge on any atom is -0.394 e. The molecule has 0 aliphatic carbocycles. The van der Waals surface area contributed by atoms with Gasteiger partial charge in [-0.05, 0) is 12.8 Å². The number of aliphatic hydroxyl groups excluding tert-OH is 1. The molecule has 19 heavy (non-hydrogen) atoms. The van der Waals surface area contributed by atoms with Gasteiger partial charge in [-0.15, -0.1) is 5.10 Å². The standard InChI is InChI=1S/C11H18N4O4/c1-14-9(17)8(13-15(2)10(14)18)12-11(7-16)3-5-19-6-4-11/h16H,3-7H2,1-2H3,(H,12,13). The van der Waals surface area contributed by atoms with Crippen LogP contribution in [0.25, 0.3) is 0 Å². The summed E-state index contributed by atoms with van der Waals surface area (Å²) in [5.41, 5.74) is -1.60. The van der Waals surface area contributed by atoms with E-state index >= 15 is 0 Å². The van der Waals surface area contributed by atoms with Gasteiger partial charge in [-0.1, -0.05) is 0 Å². The molecule has 8 heteroatoms. The number of anilines is 1. The first-order valence-corrected chi connectivity index (χ1v) is 6.10. The summed E-state index contributed by atoms with van der Waals surface area (Å²) in [7, 11) is 2.87. The second-order valence-corrected chi connectivity index (χ2v) is 4.79. The Morgan fingerprint density at radius 1 is 1.37 bits per heavy atom. The van der Waals surface area contributed by atoms with Crippen molar-refractivity contribution in [3.05, 3.63) is 20.8 Å². The van der Waals surface area contributed by atoms with Crippen LogP contribution in [0, 0.1) is 0 Å². The molecule has 0 saturated carbocycles. The largest absolute Gasteiger partial charge is 0.394 e. The van der Waals surface area contributed by atoms with Gasteiger partial charge in [0.1, 0.15) is 0 Å². The third-order valence-corrected chi connectivity index (χ3v) is 3.46. The van der Waals surface area contributed by atoms with E-state index < -0.39 is 16.8 Å². The van der Waals surface area contributed by atoms with Gasteiger partial charge in [-0.2, -0.15) is 0 Å². The fraction of sp³-hybridized carbons (Fsp3) is 0.727. The summed E-state index contributed by atoms with van der Waals surface area (Å²) in [4.78, 5) is 23.5. The topological polar surface area (TPSA) is 98.4 Å². The van der Waals surface area contributed by atoms with E-state index in [0.29, 0.717) is 26.1 Å². The molecule has 2 heterocycles.